The molecule has 0 saturated carbocycles. The summed E-state index contributed by atoms with van der Waals surface area (Å²) in [4.78, 5) is 5.13. The van der Waals surface area contributed by atoms with E-state index in [1.165, 1.54) is 58.3 Å². The summed E-state index contributed by atoms with van der Waals surface area (Å²) in [7, 11) is 2.27. The van der Waals surface area contributed by atoms with E-state index in [2.05, 4.69) is 31.6 Å². The van der Waals surface area contributed by atoms with E-state index < -0.39 is 0 Å². The van der Waals surface area contributed by atoms with Crippen LogP contribution in [-0.4, -0.2) is 64.3 Å². The summed E-state index contributed by atoms with van der Waals surface area (Å²) >= 11 is 0. The first-order valence-corrected chi connectivity index (χ1v) is 8.42. The maximum atomic E-state index is 4.06. The molecule has 5 heteroatoms. The van der Waals surface area contributed by atoms with Crippen LogP contribution in [0.2, 0.25) is 0 Å². The lowest BCUT2D eigenvalue weighted by atomic mass is 9.73. The molecule has 0 radical (unpaired) electrons. The first-order chi connectivity index (χ1) is 10.2. The molecule has 2 saturated heterocycles. The molecular weight excluding hydrogens is 262 g/mol. The van der Waals surface area contributed by atoms with E-state index >= 15 is 0 Å². The van der Waals surface area contributed by atoms with Crippen molar-refractivity contribution in [3.05, 3.63) is 12.2 Å². The quantitative estimate of drug-likeness (QED) is 0.851. The molecule has 1 aromatic rings. The van der Waals surface area contributed by atoms with Crippen LogP contribution in [0.5, 0.6) is 0 Å². The van der Waals surface area contributed by atoms with Gasteiger partial charge in [-0.3, -0.25) is 0 Å². The molecule has 1 aromatic heterocycles. The summed E-state index contributed by atoms with van der Waals surface area (Å²) < 4.78 is 2.16. The zero-order valence-corrected chi connectivity index (χ0v) is 13.6. The van der Waals surface area contributed by atoms with E-state index in [1.54, 1.807) is 0 Å². The number of rotatable bonds is 3. The van der Waals surface area contributed by atoms with Gasteiger partial charge >= 0.3 is 0 Å². The number of piperidine rings is 1. The zero-order chi connectivity index (χ0) is 14.7. The molecule has 2 fully saturated rings. The smallest absolute Gasteiger partial charge is 0.129 e. The van der Waals surface area contributed by atoms with Crippen LogP contribution >= 0.6 is 0 Å². The Morgan fingerprint density at radius 2 is 1.81 bits per heavy atom. The molecule has 2 aliphatic heterocycles. The fourth-order valence-electron chi connectivity index (χ4n) is 3.92. The fraction of sp³-hybridized carbons (Fsp3) is 0.875. The first kappa shape index (κ1) is 15.0. The number of nitrogens with zero attached hydrogens (tertiary/aromatic N) is 5. The van der Waals surface area contributed by atoms with E-state index in [0.29, 0.717) is 5.41 Å². The Kier molecular flexibility index (Phi) is 4.60. The molecule has 5 nitrogen and oxygen atoms in total. The minimum Gasteiger partial charge on any atom is -0.317 e. The Balaban J connectivity index is 1.47. The highest BCUT2D eigenvalue weighted by molar-refractivity contribution is 4.89. The van der Waals surface area contributed by atoms with Gasteiger partial charge in [0.1, 0.15) is 12.2 Å². The van der Waals surface area contributed by atoms with Crippen molar-refractivity contribution < 1.29 is 0 Å². The van der Waals surface area contributed by atoms with Gasteiger partial charge in [0, 0.05) is 13.1 Å². The third-order valence-electron chi connectivity index (χ3n) is 5.65. The second-order valence-corrected chi connectivity index (χ2v) is 7.07. The van der Waals surface area contributed by atoms with Gasteiger partial charge in [-0.05, 0) is 77.7 Å². The van der Waals surface area contributed by atoms with Crippen molar-refractivity contribution in [3.8, 4) is 0 Å². The van der Waals surface area contributed by atoms with E-state index in [0.717, 1.165) is 18.9 Å². The Hall–Kier alpha value is -0.940. The van der Waals surface area contributed by atoms with Crippen LogP contribution in [-0.2, 0) is 6.54 Å². The number of likely N-dealkylation sites (tertiary alicyclic amines) is 2. The van der Waals surface area contributed by atoms with E-state index in [9.17, 15) is 0 Å². The van der Waals surface area contributed by atoms with Crippen molar-refractivity contribution in [2.75, 3.05) is 39.8 Å². The third kappa shape index (κ3) is 3.64. The van der Waals surface area contributed by atoms with Crippen molar-refractivity contribution in [3.63, 3.8) is 0 Å². The predicted molar refractivity (Wildman–Crippen MR) is 84.2 cm³/mol. The highest BCUT2D eigenvalue weighted by Gasteiger charge is 2.35. The maximum Gasteiger partial charge on any atom is 0.129 e. The summed E-state index contributed by atoms with van der Waals surface area (Å²) in [5.41, 5.74) is 0.647. The molecule has 1 spiro atoms. The molecule has 0 N–H and O–H groups in total. The summed E-state index contributed by atoms with van der Waals surface area (Å²) in [5, 5.41) is 8.02. The minimum absolute atomic E-state index is 0.647. The van der Waals surface area contributed by atoms with Gasteiger partial charge in [-0.1, -0.05) is 0 Å². The molecule has 3 rings (SSSR count). The van der Waals surface area contributed by atoms with Crippen molar-refractivity contribution in [2.24, 2.45) is 5.41 Å². The summed E-state index contributed by atoms with van der Waals surface area (Å²) in [6.45, 7) is 9.30. The highest BCUT2D eigenvalue weighted by atomic mass is 15.3. The Labute approximate surface area is 128 Å². The predicted octanol–water partition coefficient (Wildman–Crippen LogP) is 1.78. The largest absolute Gasteiger partial charge is 0.317 e. The third-order valence-corrected chi connectivity index (χ3v) is 5.65. The lowest BCUT2D eigenvalue weighted by Crippen LogP contribution is -2.41. The molecule has 0 atom stereocenters. The molecule has 0 aromatic carbocycles. The zero-order valence-electron chi connectivity index (χ0n) is 13.6. The first-order valence-electron chi connectivity index (χ1n) is 8.42. The van der Waals surface area contributed by atoms with Crippen LogP contribution in [0.3, 0.4) is 0 Å². The summed E-state index contributed by atoms with van der Waals surface area (Å²) in [6.07, 6.45) is 8.86. The van der Waals surface area contributed by atoms with Gasteiger partial charge in [-0.15, -0.1) is 10.2 Å². The van der Waals surface area contributed by atoms with Crippen LogP contribution in [0.4, 0.5) is 0 Å². The molecule has 2 aliphatic rings. The highest BCUT2D eigenvalue weighted by Crippen LogP contribution is 2.40. The Bertz CT molecular complexity index is 447. The van der Waals surface area contributed by atoms with Gasteiger partial charge < -0.3 is 14.4 Å². The lowest BCUT2D eigenvalue weighted by Gasteiger charge is -2.41. The van der Waals surface area contributed by atoms with E-state index in [-0.39, 0.29) is 0 Å². The summed E-state index contributed by atoms with van der Waals surface area (Å²) in [6, 6.07) is 0. The molecule has 0 aliphatic carbocycles. The van der Waals surface area contributed by atoms with Crippen molar-refractivity contribution in [1.29, 1.82) is 0 Å². The second kappa shape index (κ2) is 6.44. The molecular formula is C16H29N5. The van der Waals surface area contributed by atoms with E-state index in [1.807, 2.05) is 13.3 Å². The van der Waals surface area contributed by atoms with Crippen molar-refractivity contribution in [2.45, 2.75) is 45.6 Å². The van der Waals surface area contributed by atoms with E-state index in [4.69, 9.17) is 0 Å². The number of hydrogen-bond donors (Lipinski definition) is 0. The van der Waals surface area contributed by atoms with Gasteiger partial charge in [0.25, 0.3) is 0 Å². The monoisotopic (exact) mass is 291 g/mol. The van der Waals surface area contributed by atoms with Crippen LogP contribution in [0, 0.1) is 12.3 Å². The van der Waals surface area contributed by atoms with Gasteiger partial charge in [-0.25, -0.2) is 0 Å². The Morgan fingerprint density at radius 3 is 2.52 bits per heavy atom. The van der Waals surface area contributed by atoms with Gasteiger partial charge in [0.15, 0.2) is 0 Å². The fourth-order valence-corrected chi connectivity index (χ4v) is 3.92. The van der Waals surface area contributed by atoms with Gasteiger partial charge in [-0.2, -0.15) is 0 Å². The standard InChI is InChI=1S/C16H29N5/c1-15-18-17-14-21(15)13-12-20-10-6-16(7-11-20)4-3-8-19(2)9-5-16/h14H,3-13H2,1-2H3. The maximum absolute atomic E-state index is 4.06. The average Bonchev–Trinajstić information content (AvgIpc) is 2.81. The molecule has 0 amide bonds. The lowest BCUT2D eigenvalue weighted by molar-refractivity contribution is 0.0870. The number of hydrogen-bond acceptors (Lipinski definition) is 4. The molecule has 21 heavy (non-hydrogen) atoms. The van der Waals surface area contributed by atoms with Gasteiger partial charge in [0.05, 0.1) is 0 Å². The van der Waals surface area contributed by atoms with Crippen LogP contribution in [0.15, 0.2) is 6.33 Å². The molecule has 118 valence electrons. The van der Waals surface area contributed by atoms with Gasteiger partial charge in [0.2, 0.25) is 0 Å². The van der Waals surface area contributed by atoms with Crippen LogP contribution < -0.4 is 0 Å². The number of aryl methyl sites for hydroxylation is 1. The molecule has 0 bridgehead atoms. The Morgan fingerprint density at radius 1 is 1.05 bits per heavy atom. The topological polar surface area (TPSA) is 37.2 Å². The van der Waals surface area contributed by atoms with Crippen LogP contribution in [0.1, 0.15) is 37.9 Å². The second-order valence-electron chi connectivity index (χ2n) is 7.07. The molecule has 3 heterocycles. The normalized spacial score (nSPS) is 24.3. The molecule has 0 unspecified atom stereocenters. The van der Waals surface area contributed by atoms with Crippen molar-refractivity contribution >= 4 is 0 Å². The minimum atomic E-state index is 0.647. The number of aromatic nitrogens is 3. The van der Waals surface area contributed by atoms with Crippen LogP contribution in [0.25, 0.3) is 0 Å². The average molecular weight is 291 g/mol. The summed E-state index contributed by atoms with van der Waals surface area (Å²) in [5.74, 6) is 1.02. The SMILES string of the molecule is Cc1nncn1CCN1CCC2(CCCN(C)CC2)CC1. The van der Waals surface area contributed by atoms with Crippen molar-refractivity contribution in [1.82, 2.24) is 24.6 Å².